The van der Waals surface area contributed by atoms with Gasteiger partial charge in [-0.15, -0.1) is 0 Å². The first-order valence-corrected chi connectivity index (χ1v) is 17.1. The lowest BCUT2D eigenvalue weighted by atomic mass is 9.50. The third-order valence-electron chi connectivity index (χ3n) is 12.0. The number of nitrogens with zero attached hydrogens (tertiary/aromatic N) is 1. The summed E-state index contributed by atoms with van der Waals surface area (Å²) in [5.41, 5.74) is 4.50. The van der Waals surface area contributed by atoms with Crippen LogP contribution in [0.4, 0.5) is 0 Å². The quantitative estimate of drug-likeness (QED) is 0.281. The van der Waals surface area contributed by atoms with Crippen molar-refractivity contribution in [3.63, 3.8) is 0 Å². The van der Waals surface area contributed by atoms with E-state index >= 15 is 0 Å². The summed E-state index contributed by atoms with van der Waals surface area (Å²) in [6.07, 6.45) is 25.1. The lowest BCUT2D eigenvalue weighted by molar-refractivity contribution is -0.0807. The first kappa shape index (κ1) is 26.7. The van der Waals surface area contributed by atoms with E-state index in [2.05, 4.69) is 69.1 Å². The Labute approximate surface area is 246 Å². The molecule has 1 aromatic carbocycles. The van der Waals surface area contributed by atoms with Gasteiger partial charge >= 0.3 is 0 Å². The van der Waals surface area contributed by atoms with Crippen LogP contribution in [-0.4, -0.2) is 60.4 Å². The summed E-state index contributed by atoms with van der Waals surface area (Å²) < 4.78 is 7.25. The highest BCUT2D eigenvalue weighted by molar-refractivity contribution is 5.85. The van der Waals surface area contributed by atoms with E-state index in [1.165, 1.54) is 94.0 Å². The van der Waals surface area contributed by atoms with Gasteiger partial charge in [0.2, 0.25) is 0 Å². The number of ether oxygens (including phenoxy) is 1. The van der Waals surface area contributed by atoms with Gasteiger partial charge in [0.15, 0.2) is 0 Å². The zero-order valence-corrected chi connectivity index (χ0v) is 24.9. The Morgan fingerprint density at radius 2 is 1.66 bits per heavy atom. The minimum absolute atomic E-state index is 0.0500. The van der Waals surface area contributed by atoms with Crippen molar-refractivity contribution in [2.45, 2.75) is 101 Å². The number of aromatic nitrogens is 1. The highest BCUT2D eigenvalue weighted by atomic mass is 16.6. The van der Waals surface area contributed by atoms with E-state index in [0.29, 0.717) is 30.0 Å². The number of H-pyrrole nitrogens is 1. The lowest BCUT2D eigenvalue weighted by Gasteiger charge is -2.60. The molecule has 3 bridgehead atoms. The highest BCUT2D eigenvalue weighted by Crippen LogP contribution is 2.67. The van der Waals surface area contributed by atoms with Crippen LogP contribution in [0.1, 0.15) is 87.9 Å². The number of epoxide rings is 1. The van der Waals surface area contributed by atoms with Crippen molar-refractivity contribution in [2.24, 2.45) is 17.3 Å². The van der Waals surface area contributed by atoms with Gasteiger partial charge in [0, 0.05) is 40.5 Å². The molecule has 5 aliphatic heterocycles. The monoisotopic (exact) mass is 554 g/mol. The van der Waals surface area contributed by atoms with Crippen molar-refractivity contribution in [1.82, 2.24) is 20.5 Å². The Morgan fingerprint density at radius 1 is 0.829 bits per heavy atom. The van der Waals surface area contributed by atoms with Crippen LogP contribution in [0.25, 0.3) is 10.9 Å². The maximum absolute atomic E-state index is 7.25. The van der Waals surface area contributed by atoms with Crippen molar-refractivity contribution in [1.29, 1.82) is 0 Å². The molecule has 6 aliphatic rings. The molecule has 0 amide bonds. The van der Waals surface area contributed by atoms with E-state index in [1.807, 2.05) is 0 Å². The van der Waals surface area contributed by atoms with Crippen LogP contribution >= 0.6 is 0 Å². The third-order valence-corrected chi connectivity index (χ3v) is 12.0. The van der Waals surface area contributed by atoms with E-state index in [-0.39, 0.29) is 11.0 Å². The van der Waals surface area contributed by atoms with Crippen molar-refractivity contribution >= 4 is 10.9 Å². The van der Waals surface area contributed by atoms with Crippen LogP contribution in [0.15, 0.2) is 48.6 Å². The topological polar surface area (TPSA) is 55.6 Å². The van der Waals surface area contributed by atoms with Gasteiger partial charge in [-0.3, -0.25) is 0 Å². The van der Waals surface area contributed by atoms with Gasteiger partial charge in [-0.2, -0.15) is 0 Å². The number of nitrogens with one attached hydrogen (secondary N) is 3. The second kappa shape index (κ2) is 11.0. The van der Waals surface area contributed by atoms with Crippen LogP contribution in [0, 0.1) is 17.3 Å². The second-order valence-electron chi connectivity index (χ2n) is 14.1. The predicted molar refractivity (Wildman–Crippen MR) is 167 cm³/mol. The maximum Gasteiger partial charge on any atom is 0.111 e. The fourth-order valence-electron chi connectivity index (χ4n) is 10.3. The SMILES string of the molecule is C1=C\CC[C@]23CN4CCCC/C=C\CC[C@@]5(O[C@H]5[C@@H]([C@@H]5NCCc6c5[nH]c5ccccc65)[C@@H]2CC4)[C@@H]3NCCCC/1. The third kappa shape index (κ3) is 4.49. The molecule has 5 nitrogen and oxygen atoms in total. The predicted octanol–water partition coefficient (Wildman–Crippen LogP) is 6.43. The minimum atomic E-state index is -0.0500. The Hall–Kier alpha value is -1.92. The molecule has 8 atom stereocenters. The van der Waals surface area contributed by atoms with E-state index in [4.69, 9.17) is 4.74 Å². The van der Waals surface area contributed by atoms with Gasteiger partial charge in [0.25, 0.3) is 0 Å². The molecule has 3 N–H and O–H groups in total. The van der Waals surface area contributed by atoms with Gasteiger partial charge < -0.3 is 25.3 Å². The largest absolute Gasteiger partial charge is 0.364 e. The number of aromatic amines is 1. The molecular weight excluding hydrogens is 504 g/mol. The first-order chi connectivity index (χ1) is 20.3. The summed E-state index contributed by atoms with van der Waals surface area (Å²) in [5, 5.41) is 9.82. The van der Waals surface area contributed by atoms with Crippen LogP contribution in [0.2, 0.25) is 0 Å². The molecule has 3 fully saturated rings. The molecule has 2 aromatic rings. The molecule has 1 aliphatic carbocycles. The molecule has 1 saturated carbocycles. The average Bonchev–Trinajstić information content (AvgIpc) is 3.59. The van der Waals surface area contributed by atoms with Crippen molar-refractivity contribution in [3.05, 3.63) is 59.8 Å². The fraction of sp³-hybridized carbons (Fsp3) is 0.667. The molecule has 6 heterocycles. The number of piperidine rings is 1. The standard InChI is InChI=1S/C36H50N4O/c1-3-7-13-21-38-34-35(19-11-5-1)25-40-23-14-8-4-2-6-12-20-36(34)33(41-36)30(28(35)18-24-40)32-31-27(17-22-37-32)26-15-9-10-16-29(26)39-31/h1-2,5-6,9-10,15-16,28,30,32-34,37-39H,3-4,7-8,11-14,17-25H2/b5-1-,6-2-/t28-,30+,32-,33-,34+,35-,36-/m0/s1. The van der Waals surface area contributed by atoms with Gasteiger partial charge in [-0.25, -0.2) is 0 Å². The summed E-state index contributed by atoms with van der Waals surface area (Å²) in [4.78, 5) is 6.82. The molecule has 0 radical (unpaired) electrons. The van der Waals surface area contributed by atoms with E-state index in [9.17, 15) is 0 Å². The Balaban J connectivity index is 1.26. The van der Waals surface area contributed by atoms with Gasteiger partial charge in [0.05, 0.1) is 12.1 Å². The summed E-state index contributed by atoms with van der Waals surface area (Å²) >= 11 is 0. The van der Waals surface area contributed by atoms with Gasteiger partial charge in [-0.05, 0) is 121 Å². The van der Waals surface area contributed by atoms with Crippen LogP contribution < -0.4 is 10.6 Å². The Bertz CT molecular complexity index is 1300. The van der Waals surface area contributed by atoms with Crippen LogP contribution in [-0.2, 0) is 11.2 Å². The summed E-state index contributed by atoms with van der Waals surface area (Å²) in [7, 11) is 0. The van der Waals surface area contributed by atoms with Gasteiger partial charge in [0.1, 0.15) is 5.60 Å². The second-order valence-corrected chi connectivity index (χ2v) is 14.1. The lowest BCUT2D eigenvalue weighted by Crippen LogP contribution is -2.69. The number of fused-ring (bicyclic) bond motifs is 4. The Morgan fingerprint density at radius 3 is 2.59 bits per heavy atom. The molecular formula is C36H50N4O. The number of benzene rings is 1. The highest BCUT2D eigenvalue weighted by Gasteiger charge is 2.76. The first-order valence-electron chi connectivity index (χ1n) is 17.1. The van der Waals surface area contributed by atoms with E-state index in [0.717, 1.165) is 32.4 Å². The fourth-order valence-corrected chi connectivity index (χ4v) is 10.3. The number of allylic oxidation sites excluding steroid dienone is 4. The normalized spacial score (nSPS) is 42.7. The van der Waals surface area contributed by atoms with E-state index < -0.39 is 0 Å². The summed E-state index contributed by atoms with van der Waals surface area (Å²) in [6, 6.07) is 9.77. The molecule has 1 aromatic heterocycles. The average molecular weight is 555 g/mol. The molecule has 5 heteroatoms. The number of rotatable bonds is 1. The maximum atomic E-state index is 7.25. The zero-order chi connectivity index (χ0) is 27.3. The number of hydrogen-bond donors (Lipinski definition) is 3. The van der Waals surface area contributed by atoms with Crippen molar-refractivity contribution in [2.75, 3.05) is 32.7 Å². The molecule has 1 unspecified atom stereocenters. The number of hydrogen-bond acceptors (Lipinski definition) is 4. The van der Waals surface area contributed by atoms with Crippen molar-refractivity contribution < 1.29 is 4.74 Å². The molecule has 2 spiro atoms. The minimum Gasteiger partial charge on any atom is -0.364 e. The van der Waals surface area contributed by atoms with E-state index in [1.54, 1.807) is 5.56 Å². The Kier molecular flexibility index (Phi) is 7.14. The molecule has 8 rings (SSSR count). The van der Waals surface area contributed by atoms with Gasteiger partial charge in [-0.1, -0.05) is 42.5 Å². The van der Waals surface area contributed by atoms with Crippen LogP contribution in [0.3, 0.4) is 0 Å². The van der Waals surface area contributed by atoms with Crippen molar-refractivity contribution in [3.8, 4) is 0 Å². The van der Waals surface area contributed by atoms with Crippen LogP contribution in [0.5, 0.6) is 0 Å². The molecule has 41 heavy (non-hydrogen) atoms. The zero-order valence-electron chi connectivity index (χ0n) is 24.9. The smallest absolute Gasteiger partial charge is 0.111 e. The summed E-state index contributed by atoms with van der Waals surface area (Å²) in [6.45, 7) is 5.92. The molecule has 220 valence electrons. The number of para-hydroxylation sites is 1. The molecule has 2 saturated heterocycles. The summed E-state index contributed by atoms with van der Waals surface area (Å²) in [5.74, 6) is 1.16.